The first-order chi connectivity index (χ1) is 6.18. The van der Waals surface area contributed by atoms with Crippen LogP contribution in [-0.2, 0) is 4.79 Å². The van der Waals surface area contributed by atoms with Crippen molar-refractivity contribution in [2.75, 3.05) is 19.6 Å². The molecule has 0 amide bonds. The Morgan fingerprint density at radius 3 is 2.62 bits per heavy atom. The molecule has 1 rings (SSSR count). The lowest BCUT2D eigenvalue weighted by Crippen LogP contribution is -2.33. The molecule has 1 aliphatic heterocycles. The fourth-order valence-corrected chi connectivity index (χ4v) is 1.86. The SMILES string of the molecule is CC1CCN(CCCC(=O)Cl)CC1. The van der Waals surface area contributed by atoms with Gasteiger partial charge in [-0.2, -0.15) is 0 Å². The highest BCUT2D eigenvalue weighted by Crippen LogP contribution is 2.16. The van der Waals surface area contributed by atoms with Crippen molar-refractivity contribution in [3.63, 3.8) is 0 Å². The summed E-state index contributed by atoms with van der Waals surface area (Å²) >= 11 is 5.26. The lowest BCUT2D eigenvalue weighted by Gasteiger charge is -2.29. The fraction of sp³-hybridized carbons (Fsp3) is 0.900. The first-order valence-electron chi connectivity index (χ1n) is 5.09. The summed E-state index contributed by atoms with van der Waals surface area (Å²) < 4.78 is 0. The van der Waals surface area contributed by atoms with Crippen LogP contribution < -0.4 is 0 Å². The van der Waals surface area contributed by atoms with E-state index in [1.54, 1.807) is 0 Å². The van der Waals surface area contributed by atoms with Gasteiger partial charge >= 0.3 is 0 Å². The Morgan fingerprint density at radius 2 is 2.08 bits per heavy atom. The second-order valence-corrected chi connectivity index (χ2v) is 4.40. The number of carbonyl (C=O) groups excluding carboxylic acids is 1. The molecule has 1 fully saturated rings. The summed E-state index contributed by atoms with van der Waals surface area (Å²) in [5.41, 5.74) is 0. The lowest BCUT2D eigenvalue weighted by atomic mass is 9.99. The van der Waals surface area contributed by atoms with Crippen LogP contribution in [0.15, 0.2) is 0 Å². The smallest absolute Gasteiger partial charge is 0.221 e. The number of hydrogen-bond donors (Lipinski definition) is 0. The molecule has 0 atom stereocenters. The van der Waals surface area contributed by atoms with Gasteiger partial charge in [-0.25, -0.2) is 0 Å². The standard InChI is InChI=1S/C10H18ClNO/c1-9-4-7-12(8-5-9)6-2-3-10(11)13/h9H,2-8H2,1H3. The Hall–Kier alpha value is -0.0800. The summed E-state index contributed by atoms with van der Waals surface area (Å²) in [6, 6.07) is 0. The van der Waals surface area contributed by atoms with E-state index in [4.69, 9.17) is 11.6 Å². The molecule has 0 aromatic rings. The molecular weight excluding hydrogens is 186 g/mol. The van der Waals surface area contributed by atoms with Crippen LogP contribution >= 0.6 is 11.6 Å². The third kappa shape index (κ3) is 4.63. The molecular formula is C10H18ClNO. The van der Waals surface area contributed by atoms with Crippen LogP contribution in [0.4, 0.5) is 0 Å². The van der Waals surface area contributed by atoms with Crippen LogP contribution in [0, 0.1) is 5.92 Å². The highest BCUT2D eigenvalue weighted by Gasteiger charge is 2.14. The molecule has 13 heavy (non-hydrogen) atoms. The normalized spacial score (nSPS) is 20.5. The minimum atomic E-state index is -0.203. The van der Waals surface area contributed by atoms with Crippen molar-refractivity contribution >= 4 is 16.8 Å². The van der Waals surface area contributed by atoms with Crippen molar-refractivity contribution < 1.29 is 4.79 Å². The summed E-state index contributed by atoms with van der Waals surface area (Å²) in [4.78, 5) is 12.9. The van der Waals surface area contributed by atoms with Gasteiger partial charge in [0.15, 0.2) is 0 Å². The maximum absolute atomic E-state index is 10.5. The second-order valence-electron chi connectivity index (χ2n) is 3.98. The summed E-state index contributed by atoms with van der Waals surface area (Å²) in [7, 11) is 0. The number of carbonyl (C=O) groups is 1. The van der Waals surface area contributed by atoms with Crippen molar-refractivity contribution in [3.05, 3.63) is 0 Å². The predicted molar refractivity (Wildman–Crippen MR) is 54.9 cm³/mol. The van der Waals surface area contributed by atoms with E-state index in [0.717, 1.165) is 18.9 Å². The zero-order valence-electron chi connectivity index (χ0n) is 8.26. The summed E-state index contributed by atoms with van der Waals surface area (Å²) in [6.45, 7) is 5.72. The molecule has 1 aliphatic rings. The van der Waals surface area contributed by atoms with Gasteiger partial charge in [0, 0.05) is 6.42 Å². The van der Waals surface area contributed by atoms with Crippen molar-refractivity contribution in [1.82, 2.24) is 4.90 Å². The van der Waals surface area contributed by atoms with Crippen molar-refractivity contribution in [3.8, 4) is 0 Å². The van der Waals surface area contributed by atoms with Gasteiger partial charge in [0.05, 0.1) is 0 Å². The molecule has 0 aromatic heterocycles. The average Bonchev–Trinajstić information content (AvgIpc) is 2.08. The molecule has 1 heterocycles. The maximum Gasteiger partial charge on any atom is 0.221 e. The monoisotopic (exact) mass is 203 g/mol. The van der Waals surface area contributed by atoms with Gasteiger partial charge in [0.25, 0.3) is 0 Å². The molecule has 0 saturated carbocycles. The Morgan fingerprint density at radius 1 is 1.46 bits per heavy atom. The first-order valence-corrected chi connectivity index (χ1v) is 5.47. The highest BCUT2D eigenvalue weighted by molar-refractivity contribution is 6.63. The molecule has 0 aliphatic carbocycles. The van der Waals surface area contributed by atoms with E-state index in [9.17, 15) is 4.79 Å². The maximum atomic E-state index is 10.5. The quantitative estimate of drug-likeness (QED) is 0.654. The predicted octanol–water partition coefficient (Wildman–Crippen LogP) is 2.26. The minimum Gasteiger partial charge on any atom is -0.303 e. The Balaban J connectivity index is 2.05. The van der Waals surface area contributed by atoms with Crippen LogP contribution in [0.1, 0.15) is 32.6 Å². The van der Waals surface area contributed by atoms with Crippen LogP contribution in [0.3, 0.4) is 0 Å². The van der Waals surface area contributed by atoms with Crippen molar-refractivity contribution in [1.29, 1.82) is 0 Å². The minimum absolute atomic E-state index is 0.203. The van der Waals surface area contributed by atoms with E-state index in [1.165, 1.54) is 25.9 Å². The number of nitrogens with zero attached hydrogens (tertiary/aromatic N) is 1. The lowest BCUT2D eigenvalue weighted by molar-refractivity contribution is -0.111. The van der Waals surface area contributed by atoms with Gasteiger partial charge in [-0.3, -0.25) is 4.79 Å². The fourth-order valence-electron chi connectivity index (χ4n) is 1.73. The summed E-state index contributed by atoms with van der Waals surface area (Å²) in [5.74, 6) is 0.880. The highest BCUT2D eigenvalue weighted by atomic mass is 35.5. The molecule has 0 unspecified atom stereocenters. The summed E-state index contributed by atoms with van der Waals surface area (Å²) in [6.07, 6.45) is 4.04. The molecule has 76 valence electrons. The molecule has 0 N–H and O–H groups in total. The van der Waals surface area contributed by atoms with Gasteiger partial charge in [0.2, 0.25) is 5.24 Å². The van der Waals surface area contributed by atoms with Crippen LogP contribution in [-0.4, -0.2) is 29.8 Å². The van der Waals surface area contributed by atoms with Gasteiger partial charge in [-0.05, 0) is 56.4 Å². The van der Waals surface area contributed by atoms with Gasteiger partial charge < -0.3 is 4.90 Å². The molecule has 0 radical (unpaired) electrons. The number of rotatable bonds is 4. The Bertz CT molecular complexity index is 164. The number of hydrogen-bond acceptors (Lipinski definition) is 2. The van der Waals surface area contributed by atoms with E-state index < -0.39 is 0 Å². The number of piperidine rings is 1. The molecule has 0 spiro atoms. The molecule has 1 saturated heterocycles. The van der Waals surface area contributed by atoms with Crippen molar-refractivity contribution in [2.45, 2.75) is 32.6 Å². The number of halogens is 1. The van der Waals surface area contributed by atoms with Crippen LogP contribution in [0.25, 0.3) is 0 Å². The zero-order chi connectivity index (χ0) is 9.68. The topological polar surface area (TPSA) is 20.3 Å². The largest absolute Gasteiger partial charge is 0.303 e. The van der Waals surface area contributed by atoms with E-state index in [1.807, 2.05) is 0 Å². The van der Waals surface area contributed by atoms with Crippen LogP contribution in [0.2, 0.25) is 0 Å². The number of likely N-dealkylation sites (tertiary alicyclic amines) is 1. The average molecular weight is 204 g/mol. The van der Waals surface area contributed by atoms with E-state index in [2.05, 4.69) is 11.8 Å². The Labute approximate surface area is 85.2 Å². The molecule has 0 bridgehead atoms. The van der Waals surface area contributed by atoms with Gasteiger partial charge in [0.1, 0.15) is 0 Å². The van der Waals surface area contributed by atoms with Gasteiger partial charge in [-0.1, -0.05) is 6.92 Å². The van der Waals surface area contributed by atoms with Crippen LogP contribution in [0.5, 0.6) is 0 Å². The Kier molecular flexibility index (Phi) is 4.74. The molecule has 2 nitrogen and oxygen atoms in total. The first kappa shape index (κ1) is 11.0. The summed E-state index contributed by atoms with van der Waals surface area (Å²) in [5, 5.41) is -0.203. The van der Waals surface area contributed by atoms with Crippen molar-refractivity contribution in [2.24, 2.45) is 5.92 Å². The molecule has 0 aromatic carbocycles. The van der Waals surface area contributed by atoms with E-state index >= 15 is 0 Å². The van der Waals surface area contributed by atoms with E-state index in [-0.39, 0.29) is 5.24 Å². The molecule has 3 heteroatoms. The third-order valence-corrected chi connectivity index (χ3v) is 2.91. The van der Waals surface area contributed by atoms with E-state index in [0.29, 0.717) is 6.42 Å². The van der Waals surface area contributed by atoms with Gasteiger partial charge in [-0.15, -0.1) is 0 Å². The third-order valence-electron chi connectivity index (χ3n) is 2.72. The second kappa shape index (κ2) is 5.61. The zero-order valence-corrected chi connectivity index (χ0v) is 9.02.